The lowest BCUT2D eigenvalue weighted by molar-refractivity contribution is 0.0518. The number of hydrogen-bond acceptors (Lipinski definition) is 4. The van der Waals surface area contributed by atoms with Gasteiger partial charge in [0.2, 0.25) is 0 Å². The van der Waals surface area contributed by atoms with E-state index in [2.05, 4.69) is 12.0 Å². The maximum absolute atomic E-state index is 12.9. The van der Waals surface area contributed by atoms with E-state index in [1.54, 1.807) is 17.7 Å². The van der Waals surface area contributed by atoms with E-state index in [1.165, 1.54) is 6.42 Å². The monoisotopic (exact) mass is 431 g/mol. The molecule has 1 aliphatic heterocycles. The third-order valence-electron chi connectivity index (χ3n) is 5.92. The molecule has 1 fully saturated rings. The third kappa shape index (κ3) is 4.44. The van der Waals surface area contributed by atoms with Crippen molar-refractivity contribution in [1.29, 1.82) is 0 Å². The van der Waals surface area contributed by atoms with Crippen molar-refractivity contribution in [3.8, 4) is 16.9 Å². The Bertz CT molecular complexity index is 1120. The Balaban J connectivity index is 1.68. The second-order valence-electron chi connectivity index (χ2n) is 8.41. The van der Waals surface area contributed by atoms with Gasteiger partial charge in [-0.05, 0) is 68.5 Å². The van der Waals surface area contributed by atoms with Gasteiger partial charge in [0.05, 0.1) is 18.0 Å². The molecule has 2 heterocycles. The third-order valence-corrected chi connectivity index (χ3v) is 5.92. The summed E-state index contributed by atoms with van der Waals surface area (Å²) in [5.74, 6) is 0.149. The number of amides is 1. The van der Waals surface area contributed by atoms with Gasteiger partial charge in [0.1, 0.15) is 0 Å². The predicted molar refractivity (Wildman–Crippen MR) is 124 cm³/mol. The Kier molecular flexibility index (Phi) is 6.40. The van der Waals surface area contributed by atoms with Crippen molar-refractivity contribution < 1.29 is 14.3 Å². The van der Waals surface area contributed by atoms with Crippen molar-refractivity contribution in [3.63, 3.8) is 0 Å². The summed E-state index contributed by atoms with van der Waals surface area (Å²) < 4.78 is 6.90. The normalized spacial score (nSPS) is 16.1. The van der Waals surface area contributed by atoms with Gasteiger partial charge in [-0.15, -0.1) is 0 Å². The van der Waals surface area contributed by atoms with Gasteiger partial charge in [0.25, 0.3) is 5.91 Å². The van der Waals surface area contributed by atoms with Crippen LogP contribution in [0.1, 0.15) is 53.1 Å². The molecule has 0 saturated carbocycles. The highest BCUT2D eigenvalue weighted by molar-refractivity contribution is 5.94. The zero-order valence-electron chi connectivity index (χ0n) is 18.9. The molecule has 2 aromatic carbocycles. The van der Waals surface area contributed by atoms with Gasteiger partial charge in [0.15, 0.2) is 5.69 Å². The molecule has 1 saturated heterocycles. The highest BCUT2D eigenvalue weighted by Gasteiger charge is 2.23. The van der Waals surface area contributed by atoms with E-state index >= 15 is 0 Å². The zero-order valence-corrected chi connectivity index (χ0v) is 18.9. The van der Waals surface area contributed by atoms with Crippen LogP contribution < -0.4 is 0 Å². The van der Waals surface area contributed by atoms with Crippen LogP contribution in [0.2, 0.25) is 0 Å². The second-order valence-corrected chi connectivity index (χ2v) is 8.41. The molecular formula is C26H29N3O3. The summed E-state index contributed by atoms with van der Waals surface area (Å²) in [6, 6.07) is 17.2. The highest BCUT2D eigenvalue weighted by Crippen LogP contribution is 2.28. The first-order valence-electron chi connectivity index (χ1n) is 11.2. The molecule has 1 unspecified atom stereocenters. The summed E-state index contributed by atoms with van der Waals surface area (Å²) in [5, 5.41) is 4.54. The summed E-state index contributed by atoms with van der Waals surface area (Å²) in [7, 11) is 0. The van der Waals surface area contributed by atoms with Crippen LogP contribution >= 0.6 is 0 Å². The average Bonchev–Trinajstić information content (AvgIpc) is 3.24. The molecule has 166 valence electrons. The summed E-state index contributed by atoms with van der Waals surface area (Å²) in [6.07, 6.45) is 2.22. The molecule has 32 heavy (non-hydrogen) atoms. The van der Waals surface area contributed by atoms with Crippen LogP contribution in [0.3, 0.4) is 0 Å². The van der Waals surface area contributed by atoms with Gasteiger partial charge in [-0.2, -0.15) is 5.10 Å². The van der Waals surface area contributed by atoms with Crippen molar-refractivity contribution >= 4 is 11.9 Å². The molecule has 6 heteroatoms. The van der Waals surface area contributed by atoms with Crippen LogP contribution in [-0.4, -0.2) is 46.3 Å². The van der Waals surface area contributed by atoms with Crippen LogP contribution in [0.4, 0.5) is 0 Å². The number of aromatic nitrogens is 2. The first-order valence-corrected chi connectivity index (χ1v) is 11.2. The van der Waals surface area contributed by atoms with Crippen molar-refractivity contribution in [2.24, 2.45) is 5.92 Å². The van der Waals surface area contributed by atoms with Gasteiger partial charge >= 0.3 is 5.97 Å². The molecule has 6 nitrogen and oxygen atoms in total. The molecular weight excluding hydrogens is 402 g/mol. The minimum atomic E-state index is -0.452. The molecule has 3 aromatic rings. The summed E-state index contributed by atoms with van der Waals surface area (Å²) in [5.41, 5.74) is 4.57. The number of hydrogen-bond donors (Lipinski definition) is 0. The lowest BCUT2D eigenvalue weighted by Gasteiger charge is -2.31. The molecule has 0 aliphatic carbocycles. The second kappa shape index (κ2) is 9.39. The van der Waals surface area contributed by atoms with E-state index in [0.29, 0.717) is 11.5 Å². The smallest absolute Gasteiger partial charge is 0.358 e. The lowest BCUT2D eigenvalue weighted by Crippen LogP contribution is -2.39. The SMILES string of the molecule is CCOC(=O)c1cc(-c2ccccc2C)n(-c2ccc(C(=O)N3CCCC(C)C3)cc2)n1. The van der Waals surface area contributed by atoms with Gasteiger partial charge in [-0.1, -0.05) is 31.2 Å². The van der Waals surface area contributed by atoms with Crippen LogP contribution in [0.15, 0.2) is 54.6 Å². The first kappa shape index (κ1) is 21.8. The molecule has 0 N–H and O–H groups in total. The maximum atomic E-state index is 12.9. The van der Waals surface area contributed by atoms with Crippen LogP contribution in [0, 0.1) is 12.8 Å². The Morgan fingerprint density at radius 3 is 2.56 bits per heavy atom. The average molecular weight is 432 g/mol. The van der Waals surface area contributed by atoms with Gasteiger partial charge in [-0.25, -0.2) is 9.48 Å². The van der Waals surface area contributed by atoms with Crippen LogP contribution in [0.25, 0.3) is 16.9 Å². The van der Waals surface area contributed by atoms with Crippen molar-refractivity contribution in [2.75, 3.05) is 19.7 Å². The summed E-state index contributed by atoms with van der Waals surface area (Å²) in [4.78, 5) is 27.2. The van der Waals surface area contributed by atoms with E-state index in [9.17, 15) is 9.59 Å². The Morgan fingerprint density at radius 2 is 1.88 bits per heavy atom. The number of nitrogens with zero attached hydrogens (tertiary/aromatic N) is 3. The number of aryl methyl sites for hydroxylation is 1. The van der Waals surface area contributed by atoms with Gasteiger partial charge < -0.3 is 9.64 Å². The molecule has 4 rings (SSSR count). The lowest BCUT2D eigenvalue weighted by atomic mass is 9.99. The minimum absolute atomic E-state index is 0.0647. The summed E-state index contributed by atoms with van der Waals surface area (Å²) >= 11 is 0. The zero-order chi connectivity index (χ0) is 22.7. The molecule has 1 amide bonds. The first-order chi connectivity index (χ1) is 15.5. The predicted octanol–water partition coefficient (Wildman–Crippen LogP) is 4.90. The fraction of sp³-hybridized carbons (Fsp3) is 0.346. The minimum Gasteiger partial charge on any atom is -0.461 e. The molecule has 1 atom stereocenters. The number of rotatable bonds is 5. The number of carbonyl (C=O) groups excluding carboxylic acids is 2. The quantitative estimate of drug-likeness (QED) is 0.539. The Morgan fingerprint density at radius 1 is 1.12 bits per heavy atom. The number of ether oxygens (including phenoxy) is 1. The van der Waals surface area contributed by atoms with Gasteiger partial charge in [0, 0.05) is 24.2 Å². The molecule has 1 aliphatic rings. The molecule has 0 bridgehead atoms. The molecule has 0 spiro atoms. The maximum Gasteiger partial charge on any atom is 0.358 e. The van der Waals surface area contributed by atoms with E-state index in [1.807, 2.05) is 60.4 Å². The highest BCUT2D eigenvalue weighted by atomic mass is 16.5. The number of likely N-dealkylation sites (tertiary alicyclic amines) is 1. The van der Waals surface area contributed by atoms with E-state index in [4.69, 9.17) is 4.74 Å². The number of piperidine rings is 1. The number of benzene rings is 2. The Labute approximate surface area is 188 Å². The fourth-order valence-corrected chi connectivity index (χ4v) is 4.24. The van der Waals surface area contributed by atoms with Crippen LogP contribution in [-0.2, 0) is 4.74 Å². The molecule has 1 aromatic heterocycles. The van der Waals surface area contributed by atoms with Crippen molar-refractivity contribution in [3.05, 3.63) is 71.4 Å². The molecule has 0 radical (unpaired) electrons. The standard InChI is InChI=1S/C26H29N3O3/c1-4-32-26(31)23-16-24(22-10-6-5-9-19(22)3)29(27-23)21-13-11-20(12-14-21)25(30)28-15-7-8-18(2)17-28/h5-6,9-14,16,18H,4,7-8,15,17H2,1-3H3. The van der Waals surface area contributed by atoms with E-state index in [-0.39, 0.29) is 18.2 Å². The van der Waals surface area contributed by atoms with Crippen molar-refractivity contribution in [1.82, 2.24) is 14.7 Å². The topological polar surface area (TPSA) is 64.4 Å². The fourth-order valence-electron chi connectivity index (χ4n) is 4.24. The van der Waals surface area contributed by atoms with E-state index in [0.717, 1.165) is 42.0 Å². The van der Waals surface area contributed by atoms with Gasteiger partial charge in [-0.3, -0.25) is 4.79 Å². The van der Waals surface area contributed by atoms with Crippen LogP contribution in [0.5, 0.6) is 0 Å². The Hall–Kier alpha value is -3.41. The van der Waals surface area contributed by atoms with E-state index < -0.39 is 5.97 Å². The summed E-state index contributed by atoms with van der Waals surface area (Å²) in [6.45, 7) is 7.89. The number of carbonyl (C=O) groups is 2. The number of esters is 1. The largest absolute Gasteiger partial charge is 0.461 e. The van der Waals surface area contributed by atoms with Crippen molar-refractivity contribution in [2.45, 2.75) is 33.6 Å².